The van der Waals surface area contributed by atoms with Crippen LogP contribution >= 0.6 is 11.6 Å². The number of benzene rings is 2. The number of H-pyrrole nitrogens is 1. The highest BCUT2D eigenvalue weighted by atomic mass is 35.5. The van der Waals surface area contributed by atoms with E-state index in [1.54, 1.807) is 16.9 Å². The number of nitrogens with one attached hydrogen (secondary N) is 1. The Bertz CT molecular complexity index is 1380. The van der Waals surface area contributed by atoms with Gasteiger partial charge in [-0.2, -0.15) is 10.2 Å². The van der Waals surface area contributed by atoms with Crippen molar-refractivity contribution in [2.24, 2.45) is 12.8 Å². The summed E-state index contributed by atoms with van der Waals surface area (Å²) in [7, 11) is 1.84. The number of halogens is 1. The Morgan fingerprint density at radius 3 is 2.73 bits per heavy atom. The highest BCUT2D eigenvalue weighted by Gasteiger charge is 2.20. The van der Waals surface area contributed by atoms with Gasteiger partial charge in [-0.05, 0) is 35.7 Å². The molecule has 2 aromatic heterocycles. The minimum absolute atomic E-state index is 0.204. The number of aromatic amines is 1. The van der Waals surface area contributed by atoms with E-state index < -0.39 is 0 Å². The lowest BCUT2D eigenvalue weighted by molar-refractivity contribution is 0.776. The van der Waals surface area contributed by atoms with E-state index in [1.807, 2.05) is 38.2 Å². The summed E-state index contributed by atoms with van der Waals surface area (Å²) in [4.78, 5) is 15.9. The van der Waals surface area contributed by atoms with Crippen LogP contribution in [0.5, 0.6) is 0 Å². The highest BCUT2D eigenvalue weighted by Crippen LogP contribution is 2.42. The molecule has 0 aliphatic rings. The molecule has 4 rings (SSSR count). The third kappa shape index (κ3) is 3.07. The fourth-order valence-electron chi connectivity index (χ4n) is 3.78. The van der Waals surface area contributed by atoms with Crippen LogP contribution in [0, 0.1) is 6.57 Å². The van der Waals surface area contributed by atoms with Gasteiger partial charge >= 0.3 is 0 Å². The second-order valence-electron chi connectivity index (χ2n) is 6.88. The molecule has 0 amide bonds. The first-order valence-electron chi connectivity index (χ1n) is 9.43. The van der Waals surface area contributed by atoms with E-state index in [4.69, 9.17) is 23.9 Å². The summed E-state index contributed by atoms with van der Waals surface area (Å²) in [6.07, 6.45) is 2.41. The van der Waals surface area contributed by atoms with Gasteiger partial charge in [0.1, 0.15) is 0 Å². The van der Waals surface area contributed by atoms with E-state index in [1.165, 1.54) is 0 Å². The van der Waals surface area contributed by atoms with Gasteiger partial charge in [0.15, 0.2) is 0 Å². The second kappa shape index (κ2) is 7.75. The average molecular weight is 419 g/mol. The molecule has 0 fully saturated rings. The van der Waals surface area contributed by atoms with Gasteiger partial charge in [-0.3, -0.25) is 9.48 Å². The predicted molar refractivity (Wildman–Crippen MR) is 119 cm³/mol. The van der Waals surface area contributed by atoms with E-state index >= 15 is 0 Å². The Labute approximate surface area is 177 Å². The highest BCUT2D eigenvalue weighted by molar-refractivity contribution is 6.32. The summed E-state index contributed by atoms with van der Waals surface area (Å²) in [6.45, 7) is 9.92. The molecule has 150 valence electrons. The van der Waals surface area contributed by atoms with Crippen LogP contribution in [0.4, 0.5) is 5.69 Å². The van der Waals surface area contributed by atoms with Crippen LogP contribution in [-0.2, 0) is 20.0 Å². The number of aryl methyl sites for hydroxylation is 1. The molecule has 0 aliphatic carbocycles. The molecule has 0 spiro atoms. The molecule has 7 nitrogen and oxygen atoms in total. The van der Waals surface area contributed by atoms with Crippen LogP contribution < -0.4 is 11.3 Å². The van der Waals surface area contributed by atoms with Gasteiger partial charge in [0.2, 0.25) is 5.69 Å². The molecule has 0 saturated carbocycles. The zero-order valence-corrected chi connectivity index (χ0v) is 17.3. The number of hydrogen-bond acceptors (Lipinski definition) is 4. The molecular weight excluding hydrogens is 400 g/mol. The lowest BCUT2D eigenvalue weighted by Crippen LogP contribution is -2.13. The van der Waals surface area contributed by atoms with Crippen molar-refractivity contribution < 1.29 is 0 Å². The molecule has 0 saturated heterocycles. The molecule has 0 bridgehead atoms. The molecule has 8 heteroatoms. The third-order valence-electron chi connectivity index (χ3n) is 5.26. The van der Waals surface area contributed by atoms with E-state index in [2.05, 4.69) is 20.1 Å². The van der Waals surface area contributed by atoms with E-state index in [0.29, 0.717) is 33.6 Å². The smallest absolute Gasteiger partial charge is 0.272 e. The van der Waals surface area contributed by atoms with Crippen molar-refractivity contribution in [1.82, 2.24) is 20.0 Å². The van der Waals surface area contributed by atoms with Crippen molar-refractivity contribution >= 4 is 28.1 Å². The number of rotatable bonds is 4. The maximum absolute atomic E-state index is 12.2. The Balaban J connectivity index is 2.00. The molecule has 2 heterocycles. The maximum Gasteiger partial charge on any atom is 0.272 e. The first-order chi connectivity index (χ1) is 14.5. The van der Waals surface area contributed by atoms with Crippen LogP contribution in [0.1, 0.15) is 18.2 Å². The largest absolute Gasteiger partial charge is 0.325 e. The van der Waals surface area contributed by atoms with E-state index in [-0.39, 0.29) is 12.1 Å². The van der Waals surface area contributed by atoms with Crippen molar-refractivity contribution in [1.29, 1.82) is 0 Å². The number of nitrogens with zero attached hydrogens (tertiary/aromatic N) is 4. The standard InChI is InChI=1S/C22H19ClN6O/c1-4-13-18(23)8-7-15(20(13)25-2)21-17(11-26-29(21)3)12-5-6-14-16(9-12)19(10-24)27-28-22(14)30/h5-9,11H,4,10,24H2,1,3H3,(H,28,30). The lowest BCUT2D eigenvalue weighted by atomic mass is 9.96. The van der Waals surface area contributed by atoms with Gasteiger partial charge < -0.3 is 5.73 Å². The van der Waals surface area contributed by atoms with Gasteiger partial charge in [0.25, 0.3) is 5.56 Å². The van der Waals surface area contributed by atoms with E-state index in [0.717, 1.165) is 27.9 Å². The Morgan fingerprint density at radius 1 is 1.23 bits per heavy atom. The molecule has 30 heavy (non-hydrogen) atoms. The molecule has 0 atom stereocenters. The van der Waals surface area contributed by atoms with Gasteiger partial charge in [0, 0.05) is 35.1 Å². The average Bonchev–Trinajstić information content (AvgIpc) is 3.14. The Kier molecular flexibility index (Phi) is 5.12. The lowest BCUT2D eigenvalue weighted by Gasteiger charge is -2.13. The molecular formula is C22H19ClN6O. The number of hydrogen-bond donors (Lipinski definition) is 2. The van der Waals surface area contributed by atoms with Crippen LogP contribution in [0.3, 0.4) is 0 Å². The van der Waals surface area contributed by atoms with Crippen molar-refractivity contribution in [2.75, 3.05) is 0 Å². The quantitative estimate of drug-likeness (QED) is 0.485. The molecule has 0 radical (unpaired) electrons. The molecule has 0 unspecified atom stereocenters. The normalized spacial score (nSPS) is 11.0. The van der Waals surface area contributed by atoms with Gasteiger partial charge in [-0.1, -0.05) is 30.7 Å². The van der Waals surface area contributed by atoms with Crippen LogP contribution in [-0.4, -0.2) is 20.0 Å². The van der Waals surface area contributed by atoms with Crippen LogP contribution in [0.15, 0.2) is 41.3 Å². The van der Waals surface area contributed by atoms with Gasteiger partial charge in [0.05, 0.1) is 29.5 Å². The SMILES string of the molecule is [C-]#[N+]c1c(-c2c(-c3ccc4c(=O)[nH]nc(CN)c4c3)cnn2C)ccc(Cl)c1CC. The molecule has 3 N–H and O–H groups in total. The number of aromatic nitrogens is 4. The van der Waals surface area contributed by atoms with Crippen molar-refractivity contribution in [3.8, 4) is 22.4 Å². The topological polar surface area (TPSA) is 93.9 Å². The van der Waals surface area contributed by atoms with Crippen LogP contribution in [0.25, 0.3) is 38.0 Å². The Morgan fingerprint density at radius 2 is 2.03 bits per heavy atom. The fourth-order valence-corrected chi connectivity index (χ4v) is 4.06. The number of fused-ring (bicyclic) bond motifs is 1. The van der Waals surface area contributed by atoms with Gasteiger partial charge in [-0.15, -0.1) is 0 Å². The van der Waals surface area contributed by atoms with Crippen molar-refractivity contribution in [3.63, 3.8) is 0 Å². The maximum atomic E-state index is 12.2. The van der Waals surface area contributed by atoms with Crippen molar-refractivity contribution in [3.05, 3.63) is 74.6 Å². The number of nitrogens with two attached hydrogens (primary N) is 1. The zero-order valence-electron chi connectivity index (χ0n) is 16.5. The first-order valence-corrected chi connectivity index (χ1v) is 9.80. The molecule has 2 aromatic carbocycles. The predicted octanol–water partition coefficient (Wildman–Crippen LogP) is 4.22. The first kappa shape index (κ1) is 19.8. The molecule has 0 aliphatic heterocycles. The summed E-state index contributed by atoms with van der Waals surface area (Å²) in [5.74, 6) is 0. The van der Waals surface area contributed by atoms with Gasteiger partial charge in [-0.25, -0.2) is 9.94 Å². The fraction of sp³-hybridized carbons (Fsp3) is 0.182. The Hall–Kier alpha value is -3.47. The summed E-state index contributed by atoms with van der Waals surface area (Å²) < 4.78 is 1.75. The minimum Gasteiger partial charge on any atom is -0.325 e. The minimum atomic E-state index is -0.263. The third-order valence-corrected chi connectivity index (χ3v) is 5.61. The second-order valence-corrected chi connectivity index (χ2v) is 7.29. The zero-order chi connectivity index (χ0) is 21.4. The van der Waals surface area contributed by atoms with E-state index in [9.17, 15) is 4.79 Å². The summed E-state index contributed by atoms with van der Waals surface area (Å²) in [5.41, 5.74) is 10.8. The summed E-state index contributed by atoms with van der Waals surface area (Å²) >= 11 is 6.33. The molecule has 4 aromatic rings. The van der Waals surface area contributed by atoms with Crippen LogP contribution in [0.2, 0.25) is 5.02 Å². The monoisotopic (exact) mass is 418 g/mol. The summed E-state index contributed by atoms with van der Waals surface area (Å²) in [5, 5.41) is 12.8. The van der Waals surface area contributed by atoms with Crippen molar-refractivity contribution in [2.45, 2.75) is 19.9 Å². The summed E-state index contributed by atoms with van der Waals surface area (Å²) in [6, 6.07) is 9.20.